The predicted octanol–water partition coefficient (Wildman–Crippen LogP) is 0.285. The molecular weight excluding hydrogens is 164 g/mol. The number of aliphatic hydroxyl groups excluding tert-OH is 1. The molecule has 0 saturated carbocycles. The first-order valence-electron chi connectivity index (χ1n) is 5.27. The Bertz CT molecular complexity index is 133. The van der Waals surface area contributed by atoms with E-state index in [1.807, 2.05) is 0 Å². The molecular formula is C10H22N2O. The second kappa shape index (κ2) is 5.58. The van der Waals surface area contributed by atoms with E-state index in [4.69, 9.17) is 10.8 Å². The summed E-state index contributed by atoms with van der Waals surface area (Å²) in [7, 11) is 2.17. The summed E-state index contributed by atoms with van der Waals surface area (Å²) in [5.41, 5.74) is 5.70. The predicted molar refractivity (Wildman–Crippen MR) is 54.5 cm³/mol. The van der Waals surface area contributed by atoms with Crippen molar-refractivity contribution in [3.05, 3.63) is 0 Å². The minimum absolute atomic E-state index is 0.286. The lowest BCUT2D eigenvalue weighted by Crippen LogP contribution is -2.36. The standard InChI is InChI=1S/C10H22N2O/c1-12-5-2-9(3-6-12)10(8-11)4-7-13/h9-10,13H,2-8,11H2,1H3. The first-order chi connectivity index (χ1) is 6.27. The van der Waals surface area contributed by atoms with Crippen LogP contribution in [-0.4, -0.2) is 43.3 Å². The molecule has 3 heteroatoms. The number of piperidine rings is 1. The van der Waals surface area contributed by atoms with Gasteiger partial charge in [0.25, 0.3) is 0 Å². The van der Waals surface area contributed by atoms with Gasteiger partial charge in [-0.3, -0.25) is 0 Å². The van der Waals surface area contributed by atoms with E-state index < -0.39 is 0 Å². The molecule has 0 bridgehead atoms. The highest BCUT2D eigenvalue weighted by atomic mass is 16.3. The van der Waals surface area contributed by atoms with Gasteiger partial charge in [-0.05, 0) is 57.8 Å². The van der Waals surface area contributed by atoms with Gasteiger partial charge < -0.3 is 15.7 Å². The minimum atomic E-state index is 0.286. The zero-order chi connectivity index (χ0) is 9.68. The molecule has 1 fully saturated rings. The van der Waals surface area contributed by atoms with Gasteiger partial charge in [-0.15, -0.1) is 0 Å². The Balaban J connectivity index is 2.32. The Kier molecular flexibility index (Phi) is 4.70. The van der Waals surface area contributed by atoms with Crippen molar-refractivity contribution in [3.63, 3.8) is 0 Å². The van der Waals surface area contributed by atoms with Crippen LogP contribution in [0.2, 0.25) is 0 Å². The molecule has 0 amide bonds. The molecule has 1 aliphatic rings. The van der Waals surface area contributed by atoms with Crippen molar-refractivity contribution in [2.24, 2.45) is 17.6 Å². The highest BCUT2D eigenvalue weighted by Crippen LogP contribution is 2.25. The van der Waals surface area contributed by atoms with Crippen molar-refractivity contribution >= 4 is 0 Å². The molecule has 78 valence electrons. The second-order valence-electron chi connectivity index (χ2n) is 4.15. The van der Waals surface area contributed by atoms with E-state index in [1.54, 1.807) is 0 Å². The Labute approximate surface area is 80.9 Å². The van der Waals surface area contributed by atoms with Gasteiger partial charge in [0.1, 0.15) is 0 Å². The largest absolute Gasteiger partial charge is 0.396 e. The summed E-state index contributed by atoms with van der Waals surface area (Å²) in [6.07, 6.45) is 3.38. The molecule has 3 nitrogen and oxygen atoms in total. The quantitative estimate of drug-likeness (QED) is 0.663. The Morgan fingerprint density at radius 1 is 1.46 bits per heavy atom. The fourth-order valence-corrected chi connectivity index (χ4v) is 2.21. The highest BCUT2D eigenvalue weighted by molar-refractivity contribution is 4.77. The third-order valence-electron chi connectivity index (χ3n) is 3.23. The summed E-state index contributed by atoms with van der Waals surface area (Å²) in [5, 5.41) is 8.88. The molecule has 0 aliphatic carbocycles. The molecule has 0 aromatic carbocycles. The van der Waals surface area contributed by atoms with Gasteiger partial charge in [-0.1, -0.05) is 0 Å². The highest BCUT2D eigenvalue weighted by Gasteiger charge is 2.23. The first-order valence-corrected chi connectivity index (χ1v) is 5.27. The van der Waals surface area contributed by atoms with Crippen LogP contribution in [0.25, 0.3) is 0 Å². The van der Waals surface area contributed by atoms with Gasteiger partial charge in [-0.2, -0.15) is 0 Å². The lowest BCUT2D eigenvalue weighted by molar-refractivity contribution is 0.149. The lowest BCUT2D eigenvalue weighted by Gasteiger charge is -2.33. The van der Waals surface area contributed by atoms with Gasteiger partial charge in [0.15, 0.2) is 0 Å². The monoisotopic (exact) mass is 186 g/mol. The van der Waals surface area contributed by atoms with Gasteiger partial charge in [0.2, 0.25) is 0 Å². The second-order valence-corrected chi connectivity index (χ2v) is 4.15. The SMILES string of the molecule is CN1CCC(C(CN)CCO)CC1. The van der Waals surface area contributed by atoms with Crippen molar-refractivity contribution in [1.82, 2.24) is 4.90 Å². The molecule has 1 rings (SSSR count). The van der Waals surface area contributed by atoms with Crippen LogP contribution in [0.3, 0.4) is 0 Å². The van der Waals surface area contributed by atoms with E-state index in [1.165, 1.54) is 25.9 Å². The fourth-order valence-electron chi connectivity index (χ4n) is 2.21. The molecule has 13 heavy (non-hydrogen) atoms. The fraction of sp³-hybridized carbons (Fsp3) is 1.00. The summed E-state index contributed by atoms with van der Waals surface area (Å²) in [5.74, 6) is 1.28. The number of likely N-dealkylation sites (tertiary alicyclic amines) is 1. The molecule has 1 saturated heterocycles. The number of rotatable bonds is 4. The molecule has 1 atom stereocenters. The van der Waals surface area contributed by atoms with Gasteiger partial charge in [0, 0.05) is 6.61 Å². The van der Waals surface area contributed by atoms with Crippen molar-refractivity contribution in [2.45, 2.75) is 19.3 Å². The third-order valence-corrected chi connectivity index (χ3v) is 3.23. The molecule has 1 heterocycles. The Morgan fingerprint density at radius 3 is 2.54 bits per heavy atom. The van der Waals surface area contributed by atoms with Crippen molar-refractivity contribution < 1.29 is 5.11 Å². The summed E-state index contributed by atoms with van der Waals surface area (Å²) in [4.78, 5) is 2.36. The molecule has 0 spiro atoms. The zero-order valence-electron chi connectivity index (χ0n) is 8.58. The third kappa shape index (κ3) is 3.25. The number of hydrogen-bond acceptors (Lipinski definition) is 3. The topological polar surface area (TPSA) is 49.5 Å². The molecule has 0 aromatic rings. The summed E-state index contributed by atoms with van der Waals surface area (Å²) >= 11 is 0. The number of nitrogens with zero attached hydrogens (tertiary/aromatic N) is 1. The maximum atomic E-state index is 8.88. The first kappa shape index (κ1) is 11.0. The van der Waals surface area contributed by atoms with Crippen LogP contribution in [0.4, 0.5) is 0 Å². The number of aliphatic hydroxyl groups is 1. The van der Waals surface area contributed by atoms with E-state index in [2.05, 4.69) is 11.9 Å². The van der Waals surface area contributed by atoms with Crippen molar-refractivity contribution in [3.8, 4) is 0 Å². The molecule has 1 unspecified atom stereocenters. The Morgan fingerprint density at radius 2 is 2.08 bits per heavy atom. The summed E-state index contributed by atoms with van der Waals surface area (Å²) in [6, 6.07) is 0. The molecule has 1 aliphatic heterocycles. The average molecular weight is 186 g/mol. The lowest BCUT2D eigenvalue weighted by atomic mass is 9.82. The maximum absolute atomic E-state index is 8.88. The number of hydrogen-bond donors (Lipinski definition) is 2. The zero-order valence-corrected chi connectivity index (χ0v) is 8.58. The van der Waals surface area contributed by atoms with Gasteiger partial charge in [-0.25, -0.2) is 0 Å². The molecule has 0 radical (unpaired) electrons. The van der Waals surface area contributed by atoms with Crippen molar-refractivity contribution in [1.29, 1.82) is 0 Å². The van der Waals surface area contributed by atoms with Crippen LogP contribution in [0.15, 0.2) is 0 Å². The smallest absolute Gasteiger partial charge is 0.0434 e. The van der Waals surface area contributed by atoms with Gasteiger partial charge >= 0.3 is 0 Å². The van der Waals surface area contributed by atoms with Crippen molar-refractivity contribution in [2.75, 3.05) is 33.3 Å². The van der Waals surface area contributed by atoms with Crippen LogP contribution in [0, 0.1) is 11.8 Å². The van der Waals surface area contributed by atoms with Gasteiger partial charge in [0.05, 0.1) is 0 Å². The van der Waals surface area contributed by atoms with Crippen LogP contribution in [0.5, 0.6) is 0 Å². The molecule has 3 N–H and O–H groups in total. The van der Waals surface area contributed by atoms with E-state index in [0.29, 0.717) is 5.92 Å². The molecule has 0 aromatic heterocycles. The average Bonchev–Trinajstić information content (AvgIpc) is 2.16. The minimum Gasteiger partial charge on any atom is -0.396 e. The van der Waals surface area contributed by atoms with E-state index in [0.717, 1.165) is 18.9 Å². The van der Waals surface area contributed by atoms with E-state index >= 15 is 0 Å². The normalized spacial score (nSPS) is 23.3. The Hall–Kier alpha value is -0.120. The van der Waals surface area contributed by atoms with E-state index in [9.17, 15) is 0 Å². The van der Waals surface area contributed by atoms with E-state index in [-0.39, 0.29) is 6.61 Å². The van der Waals surface area contributed by atoms with Crippen LogP contribution >= 0.6 is 0 Å². The summed E-state index contributed by atoms with van der Waals surface area (Å²) < 4.78 is 0. The summed E-state index contributed by atoms with van der Waals surface area (Å²) in [6.45, 7) is 3.39. The number of nitrogens with two attached hydrogens (primary N) is 1. The van der Waals surface area contributed by atoms with Crippen LogP contribution in [0.1, 0.15) is 19.3 Å². The van der Waals surface area contributed by atoms with Crippen LogP contribution < -0.4 is 5.73 Å². The van der Waals surface area contributed by atoms with Crippen LogP contribution in [-0.2, 0) is 0 Å². The maximum Gasteiger partial charge on any atom is 0.0434 e.